The SMILES string of the molecule is CC(C)c1c[c]c2c3c(C(N)=O)cccc3n(Cc3ccc(C(F)(F)F)cc3)c2c1. The van der Waals surface area contributed by atoms with Crippen LogP contribution >= 0.6 is 0 Å². The third kappa shape index (κ3) is 3.43. The van der Waals surface area contributed by atoms with Crippen molar-refractivity contribution in [3.8, 4) is 0 Å². The van der Waals surface area contributed by atoms with Gasteiger partial charge >= 0.3 is 6.18 Å². The lowest BCUT2D eigenvalue weighted by Crippen LogP contribution is -2.11. The first-order valence-corrected chi connectivity index (χ1v) is 9.59. The molecule has 0 saturated heterocycles. The van der Waals surface area contributed by atoms with Gasteiger partial charge in [-0.1, -0.05) is 38.1 Å². The maximum atomic E-state index is 12.9. The average Bonchev–Trinajstić information content (AvgIpc) is 3.01. The first kappa shape index (κ1) is 20.0. The second kappa shape index (κ2) is 7.20. The van der Waals surface area contributed by atoms with E-state index in [2.05, 4.69) is 19.9 Å². The number of carbonyl (C=O) groups excluding carboxylic acids is 1. The Balaban J connectivity index is 1.93. The molecule has 1 radical (unpaired) electrons. The van der Waals surface area contributed by atoms with Crippen LogP contribution in [0.25, 0.3) is 21.8 Å². The number of nitrogens with zero attached hydrogens (tertiary/aromatic N) is 1. The van der Waals surface area contributed by atoms with Crippen LogP contribution in [0.1, 0.15) is 46.8 Å². The van der Waals surface area contributed by atoms with E-state index in [4.69, 9.17) is 5.73 Å². The molecule has 3 nitrogen and oxygen atoms in total. The molecule has 3 aromatic carbocycles. The Morgan fingerprint density at radius 1 is 1.10 bits per heavy atom. The molecule has 153 valence electrons. The van der Waals surface area contributed by atoms with Gasteiger partial charge in [0.1, 0.15) is 0 Å². The van der Waals surface area contributed by atoms with Crippen molar-refractivity contribution in [1.29, 1.82) is 0 Å². The minimum Gasteiger partial charge on any atom is -0.366 e. The highest BCUT2D eigenvalue weighted by Gasteiger charge is 2.30. The summed E-state index contributed by atoms with van der Waals surface area (Å²) in [5.74, 6) is -0.255. The van der Waals surface area contributed by atoms with Crippen LogP contribution in [0.4, 0.5) is 13.2 Å². The van der Waals surface area contributed by atoms with E-state index in [1.807, 2.05) is 22.8 Å². The Bertz CT molecular complexity index is 1250. The van der Waals surface area contributed by atoms with Gasteiger partial charge in [0.15, 0.2) is 0 Å². The van der Waals surface area contributed by atoms with Gasteiger partial charge in [0, 0.05) is 22.9 Å². The van der Waals surface area contributed by atoms with Gasteiger partial charge in [-0.2, -0.15) is 13.2 Å². The van der Waals surface area contributed by atoms with Crippen LogP contribution in [0, 0.1) is 6.07 Å². The number of nitrogens with two attached hydrogens (primary N) is 1. The van der Waals surface area contributed by atoms with E-state index in [0.29, 0.717) is 17.5 Å². The maximum absolute atomic E-state index is 12.9. The number of fused-ring (bicyclic) bond motifs is 3. The summed E-state index contributed by atoms with van der Waals surface area (Å²) in [6, 6.07) is 17.7. The molecule has 30 heavy (non-hydrogen) atoms. The smallest absolute Gasteiger partial charge is 0.366 e. The molecule has 4 rings (SSSR count). The molecule has 0 atom stereocenters. The lowest BCUT2D eigenvalue weighted by molar-refractivity contribution is -0.137. The summed E-state index contributed by atoms with van der Waals surface area (Å²) >= 11 is 0. The van der Waals surface area contributed by atoms with Crippen LogP contribution in [0.15, 0.2) is 54.6 Å². The van der Waals surface area contributed by atoms with Crippen molar-refractivity contribution in [3.05, 3.63) is 82.9 Å². The van der Waals surface area contributed by atoms with Crippen molar-refractivity contribution in [2.75, 3.05) is 0 Å². The fourth-order valence-electron chi connectivity index (χ4n) is 3.76. The first-order valence-electron chi connectivity index (χ1n) is 9.59. The van der Waals surface area contributed by atoms with Crippen molar-refractivity contribution >= 4 is 27.7 Å². The first-order chi connectivity index (χ1) is 14.2. The quantitative estimate of drug-likeness (QED) is 0.449. The molecule has 6 heteroatoms. The van der Waals surface area contributed by atoms with Crippen LogP contribution in [-0.2, 0) is 12.7 Å². The van der Waals surface area contributed by atoms with E-state index in [9.17, 15) is 18.0 Å². The summed E-state index contributed by atoms with van der Waals surface area (Å²) in [4.78, 5) is 12.0. The zero-order chi connectivity index (χ0) is 21.6. The van der Waals surface area contributed by atoms with E-state index in [1.54, 1.807) is 12.1 Å². The normalized spacial score (nSPS) is 12.2. The molecule has 0 aliphatic carbocycles. The van der Waals surface area contributed by atoms with E-state index < -0.39 is 17.6 Å². The third-order valence-corrected chi connectivity index (χ3v) is 5.37. The predicted molar refractivity (Wildman–Crippen MR) is 111 cm³/mol. The van der Waals surface area contributed by atoms with Gasteiger partial charge in [0.2, 0.25) is 5.91 Å². The molecule has 0 saturated carbocycles. The monoisotopic (exact) mass is 409 g/mol. The van der Waals surface area contributed by atoms with Crippen molar-refractivity contribution in [2.24, 2.45) is 5.73 Å². The van der Waals surface area contributed by atoms with Crippen LogP contribution in [0.5, 0.6) is 0 Å². The number of carbonyl (C=O) groups is 1. The number of hydrogen-bond acceptors (Lipinski definition) is 1. The summed E-state index contributed by atoms with van der Waals surface area (Å²) in [6.07, 6.45) is -4.37. The second-order valence-electron chi connectivity index (χ2n) is 7.69. The minimum absolute atomic E-state index is 0.277. The van der Waals surface area contributed by atoms with Crippen LogP contribution in [0.3, 0.4) is 0 Å². The summed E-state index contributed by atoms with van der Waals surface area (Å²) < 4.78 is 40.7. The minimum atomic E-state index is -4.37. The van der Waals surface area contributed by atoms with Crippen LogP contribution in [0.2, 0.25) is 0 Å². The molecule has 0 spiro atoms. The highest BCUT2D eigenvalue weighted by atomic mass is 19.4. The third-order valence-electron chi connectivity index (χ3n) is 5.37. The summed E-state index contributed by atoms with van der Waals surface area (Å²) in [6.45, 7) is 4.51. The van der Waals surface area contributed by atoms with E-state index in [0.717, 1.165) is 39.7 Å². The van der Waals surface area contributed by atoms with E-state index >= 15 is 0 Å². The number of benzene rings is 3. The Morgan fingerprint density at radius 3 is 2.40 bits per heavy atom. The maximum Gasteiger partial charge on any atom is 0.416 e. The van der Waals surface area contributed by atoms with Gasteiger partial charge in [-0.3, -0.25) is 4.79 Å². The zero-order valence-corrected chi connectivity index (χ0v) is 16.5. The Kier molecular flexibility index (Phi) is 4.80. The predicted octanol–water partition coefficient (Wildman–Crippen LogP) is 5.88. The van der Waals surface area contributed by atoms with E-state index in [1.165, 1.54) is 12.1 Å². The molecular weight excluding hydrogens is 389 g/mol. The highest BCUT2D eigenvalue weighted by Crippen LogP contribution is 2.34. The molecule has 2 N–H and O–H groups in total. The standard InChI is InChI=1S/C24H20F3N2O/c1-14(2)16-8-11-18-21(12-16)29(20-5-3-4-19(22(18)20)23(28)30)13-15-6-9-17(10-7-15)24(25,26)27/h3-10,12,14H,13H2,1-2H3,(H2,28,30). The topological polar surface area (TPSA) is 48.0 Å². The number of hydrogen-bond donors (Lipinski definition) is 1. The van der Waals surface area contributed by atoms with Crippen molar-refractivity contribution in [1.82, 2.24) is 4.57 Å². The number of rotatable bonds is 4. The highest BCUT2D eigenvalue weighted by molar-refractivity contribution is 6.17. The number of aromatic nitrogens is 1. The Labute approximate surface area is 171 Å². The molecule has 1 aromatic heterocycles. The van der Waals surface area contributed by atoms with Gasteiger partial charge in [-0.05, 0) is 53.4 Å². The summed E-state index contributed by atoms with van der Waals surface area (Å²) in [5.41, 5.74) is 8.78. The van der Waals surface area contributed by atoms with Crippen LogP contribution < -0.4 is 5.73 Å². The molecule has 4 aromatic rings. The fraction of sp³-hybridized carbons (Fsp3) is 0.208. The zero-order valence-electron chi connectivity index (χ0n) is 16.5. The molecule has 0 aliphatic heterocycles. The molecule has 1 amide bonds. The number of amides is 1. The number of primary amides is 1. The van der Waals surface area contributed by atoms with Crippen molar-refractivity contribution < 1.29 is 18.0 Å². The molecule has 0 aliphatic rings. The number of halogens is 3. The summed E-state index contributed by atoms with van der Waals surface area (Å²) in [5, 5.41) is 1.48. The van der Waals surface area contributed by atoms with Gasteiger partial charge in [-0.15, -0.1) is 0 Å². The fourth-order valence-corrected chi connectivity index (χ4v) is 3.76. The average molecular weight is 409 g/mol. The van der Waals surface area contributed by atoms with Gasteiger partial charge in [0.25, 0.3) is 0 Å². The van der Waals surface area contributed by atoms with Crippen LogP contribution in [-0.4, -0.2) is 10.5 Å². The molecule has 0 bridgehead atoms. The Hall–Kier alpha value is -3.28. The lowest BCUT2D eigenvalue weighted by atomic mass is 10.00. The molecular formula is C24H20F3N2O. The lowest BCUT2D eigenvalue weighted by Gasteiger charge is -2.11. The van der Waals surface area contributed by atoms with Gasteiger partial charge < -0.3 is 10.3 Å². The summed E-state index contributed by atoms with van der Waals surface area (Å²) in [7, 11) is 0. The largest absolute Gasteiger partial charge is 0.416 e. The van der Waals surface area contributed by atoms with Crippen molar-refractivity contribution in [3.63, 3.8) is 0 Å². The molecule has 1 heterocycles. The molecule has 0 fully saturated rings. The second-order valence-corrected chi connectivity index (χ2v) is 7.69. The van der Waals surface area contributed by atoms with E-state index in [-0.39, 0.29) is 5.92 Å². The Morgan fingerprint density at radius 2 is 1.80 bits per heavy atom. The number of alkyl halides is 3. The van der Waals surface area contributed by atoms with Gasteiger partial charge in [0.05, 0.1) is 16.6 Å². The van der Waals surface area contributed by atoms with Crippen molar-refractivity contribution in [2.45, 2.75) is 32.5 Å². The molecule has 0 unspecified atom stereocenters. The van der Waals surface area contributed by atoms with Gasteiger partial charge in [-0.25, -0.2) is 0 Å².